The maximum absolute atomic E-state index is 12.9. The molecule has 3 aromatic rings. The molecule has 5 rings (SSSR count). The molecule has 0 unspecified atom stereocenters. The van der Waals surface area contributed by atoms with E-state index in [1.54, 1.807) is 60.7 Å². The zero-order valence-corrected chi connectivity index (χ0v) is 14.6. The van der Waals surface area contributed by atoms with Crippen molar-refractivity contribution in [1.29, 1.82) is 0 Å². The lowest BCUT2D eigenvalue weighted by molar-refractivity contribution is 0.0979. The minimum absolute atomic E-state index is 0.173. The van der Waals surface area contributed by atoms with Crippen LogP contribution in [-0.2, 0) is 0 Å². The summed E-state index contributed by atoms with van der Waals surface area (Å²) in [6.07, 6.45) is 2.53. The number of fused-ring (bicyclic) bond motifs is 3. The summed E-state index contributed by atoms with van der Waals surface area (Å²) in [5, 5.41) is 0. The number of carbonyl (C=O) groups is 4. The first kappa shape index (κ1) is 16.3. The molecule has 0 atom stereocenters. The van der Waals surface area contributed by atoms with Crippen LogP contribution in [0.3, 0.4) is 0 Å². The van der Waals surface area contributed by atoms with Gasteiger partial charge in [-0.2, -0.15) is 0 Å². The Morgan fingerprint density at radius 2 is 0.893 bits per heavy atom. The predicted octanol–water partition coefficient (Wildman–Crippen LogP) is 4.06. The SMILES string of the molecule is O=C1C=CC(=O)c2cc(-c3ccc4c(c3)C(=O)c3ccccc3C4=O)ccc21. The Hall–Kier alpha value is -3.92. The van der Waals surface area contributed by atoms with Crippen LogP contribution in [0.4, 0.5) is 0 Å². The number of rotatable bonds is 1. The van der Waals surface area contributed by atoms with Crippen molar-refractivity contribution in [3.63, 3.8) is 0 Å². The summed E-state index contributed by atoms with van der Waals surface area (Å²) in [7, 11) is 0. The molecule has 0 radical (unpaired) electrons. The predicted molar refractivity (Wildman–Crippen MR) is 103 cm³/mol. The van der Waals surface area contributed by atoms with E-state index in [9.17, 15) is 19.2 Å². The van der Waals surface area contributed by atoms with E-state index in [4.69, 9.17) is 0 Å². The first-order chi connectivity index (χ1) is 13.5. The molecule has 4 nitrogen and oxygen atoms in total. The fourth-order valence-corrected chi connectivity index (χ4v) is 3.75. The Bertz CT molecular complexity index is 1280. The second-order valence-corrected chi connectivity index (χ2v) is 6.79. The van der Waals surface area contributed by atoms with Gasteiger partial charge >= 0.3 is 0 Å². The van der Waals surface area contributed by atoms with E-state index in [1.807, 2.05) is 0 Å². The molecule has 0 fully saturated rings. The summed E-state index contributed by atoms with van der Waals surface area (Å²) < 4.78 is 0. The van der Waals surface area contributed by atoms with Gasteiger partial charge in [0.25, 0.3) is 0 Å². The molecular weight excluding hydrogens is 352 g/mol. The summed E-state index contributed by atoms with van der Waals surface area (Å²) in [6, 6.07) is 16.9. The van der Waals surface area contributed by atoms with Gasteiger partial charge in [-0.3, -0.25) is 19.2 Å². The molecule has 0 aromatic heterocycles. The third-order valence-corrected chi connectivity index (χ3v) is 5.20. The summed E-state index contributed by atoms with van der Waals surface area (Å²) in [6.45, 7) is 0. The maximum Gasteiger partial charge on any atom is 0.194 e. The minimum Gasteiger partial charge on any atom is -0.289 e. The van der Waals surface area contributed by atoms with Gasteiger partial charge in [0.2, 0.25) is 0 Å². The van der Waals surface area contributed by atoms with Crippen LogP contribution in [0.25, 0.3) is 11.1 Å². The number of allylic oxidation sites excluding steroid dienone is 2. The number of hydrogen-bond donors (Lipinski definition) is 0. The van der Waals surface area contributed by atoms with Gasteiger partial charge in [-0.15, -0.1) is 0 Å². The molecule has 28 heavy (non-hydrogen) atoms. The molecule has 2 aliphatic carbocycles. The Morgan fingerprint density at radius 1 is 0.429 bits per heavy atom. The van der Waals surface area contributed by atoms with Gasteiger partial charge in [-0.05, 0) is 47.5 Å². The molecule has 0 spiro atoms. The lowest BCUT2D eigenvalue weighted by atomic mass is 9.82. The highest BCUT2D eigenvalue weighted by Crippen LogP contribution is 2.32. The second kappa shape index (κ2) is 5.79. The highest BCUT2D eigenvalue weighted by Gasteiger charge is 2.29. The van der Waals surface area contributed by atoms with Gasteiger partial charge in [0.1, 0.15) is 0 Å². The number of benzene rings is 3. The molecular formula is C24H12O4. The van der Waals surface area contributed by atoms with Gasteiger partial charge in [-0.1, -0.05) is 36.4 Å². The third kappa shape index (κ3) is 2.25. The van der Waals surface area contributed by atoms with Crippen molar-refractivity contribution in [2.24, 2.45) is 0 Å². The average molecular weight is 364 g/mol. The van der Waals surface area contributed by atoms with Crippen LogP contribution in [0, 0.1) is 0 Å². The minimum atomic E-state index is -0.227. The summed E-state index contributed by atoms with van der Waals surface area (Å²) in [5.41, 5.74) is 3.66. The van der Waals surface area contributed by atoms with Crippen molar-refractivity contribution in [3.05, 3.63) is 106 Å². The van der Waals surface area contributed by atoms with E-state index in [0.717, 1.165) is 0 Å². The molecule has 2 aliphatic rings. The monoisotopic (exact) mass is 364 g/mol. The zero-order chi connectivity index (χ0) is 19.4. The van der Waals surface area contributed by atoms with E-state index in [0.29, 0.717) is 44.5 Å². The highest BCUT2D eigenvalue weighted by molar-refractivity contribution is 6.28. The molecule has 3 aromatic carbocycles. The fraction of sp³-hybridized carbons (Fsp3) is 0. The standard InChI is InChI=1S/C24H12O4/c25-21-9-10-22(26)19-11-13(5-7-15(19)21)14-6-8-18-20(12-14)24(28)17-4-2-1-3-16(17)23(18)27/h1-12H. The first-order valence-electron chi connectivity index (χ1n) is 8.78. The van der Waals surface area contributed by atoms with Crippen molar-refractivity contribution in [2.75, 3.05) is 0 Å². The van der Waals surface area contributed by atoms with Crippen molar-refractivity contribution in [3.8, 4) is 11.1 Å². The van der Waals surface area contributed by atoms with Gasteiger partial charge in [0.05, 0.1) is 0 Å². The Kier molecular flexibility index (Phi) is 3.36. The van der Waals surface area contributed by atoms with E-state index >= 15 is 0 Å². The maximum atomic E-state index is 12.9. The van der Waals surface area contributed by atoms with E-state index in [1.165, 1.54) is 12.2 Å². The molecule has 0 aliphatic heterocycles. The Balaban J connectivity index is 1.64. The van der Waals surface area contributed by atoms with Crippen molar-refractivity contribution < 1.29 is 19.2 Å². The molecule has 132 valence electrons. The summed E-state index contributed by atoms with van der Waals surface area (Å²) in [5.74, 6) is -0.800. The highest BCUT2D eigenvalue weighted by atomic mass is 16.1. The van der Waals surface area contributed by atoms with Crippen LogP contribution < -0.4 is 0 Å². The number of hydrogen-bond acceptors (Lipinski definition) is 4. The molecule has 0 N–H and O–H groups in total. The van der Waals surface area contributed by atoms with Gasteiger partial charge in [0.15, 0.2) is 23.1 Å². The molecule has 0 bridgehead atoms. The number of carbonyl (C=O) groups excluding carboxylic acids is 4. The van der Waals surface area contributed by atoms with Gasteiger partial charge in [0, 0.05) is 33.4 Å². The van der Waals surface area contributed by atoms with Crippen LogP contribution in [0.15, 0.2) is 72.8 Å². The van der Waals surface area contributed by atoms with Crippen LogP contribution >= 0.6 is 0 Å². The van der Waals surface area contributed by atoms with Gasteiger partial charge in [-0.25, -0.2) is 0 Å². The van der Waals surface area contributed by atoms with Crippen LogP contribution in [0.5, 0.6) is 0 Å². The Morgan fingerprint density at radius 3 is 1.54 bits per heavy atom. The fourth-order valence-electron chi connectivity index (χ4n) is 3.75. The largest absolute Gasteiger partial charge is 0.289 e. The Labute approximate surface area is 160 Å². The summed E-state index contributed by atoms with van der Waals surface area (Å²) >= 11 is 0. The topological polar surface area (TPSA) is 68.3 Å². The second-order valence-electron chi connectivity index (χ2n) is 6.79. The lowest BCUT2D eigenvalue weighted by Crippen LogP contribution is -2.20. The smallest absolute Gasteiger partial charge is 0.194 e. The van der Waals surface area contributed by atoms with Gasteiger partial charge < -0.3 is 0 Å². The van der Waals surface area contributed by atoms with Crippen molar-refractivity contribution in [1.82, 2.24) is 0 Å². The van der Waals surface area contributed by atoms with Crippen LogP contribution in [0.2, 0.25) is 0 Å². The average Bonchev–Trinajstić information content (AvgIpc) is 2.74. The quantitative estimate of drug-likeness (QED) is 0.511. The third-order valence-electron chi connectivity index (χ3n) is 5.20. The van der Waals surface area contributed by atoms with Crippen LogP contribution in [0.1, 0.15) is 52.6 Å². The molecule has 0 saturated carbocycles. The molecule has 0 amide bonds. The normalized spacial score (nSPS) is 14.6. The zero-order valence-electron chi connectivity index (χ0n) is 14.6. The van der Waals surface area contributed by atoms with Crippen molar-refractivity contribution >= 4 is 23.1 Å². The van der Waals surface area contributed by atoms with E-state index in [2.05, 4.69) is 0 Å². The molecule has 4 heteroatoms. The van der Waals surface area contributed by atoms with E-state index < -0.39 is 0 Å². The first-order valence-corrected chi connectivity index (χ1v) is 8.78. The molecule has 0 heterocycles. The lowest BCUT2D eigenvalue weighted by Gasteiger charge is -2.18. The number of ketones is 4. The summed E-state index contributed by atoms with van der Waals surface area (Å²) in [4.78, 5) is 49.7. The van der Waals surface area contributed by atoms with E-state index in [-0.39, 0.29) is 23.1 Å². The molecule has 0 saturated heterocycles. The van der Waals surface area contributed by atoms with Crippen molar-refractivity contribution in [2.45, 2.75) is 0 Å². The van der Waals surface area contributed by atoms with Crippen LogP contribution in [-0.4, -0.2) is 23.1 Å².